The van der Waals surface area contributed by atoms with E-state index in [9.17, 15) is 0 Å². The highest BCUT2D eigenvalue weighted by Crippen LogP contribution is 2.29. The zero-order valence-corrected chi connectivity index (χ0v) is 10.1. The van der Waals surface area contributed by atoms with Gasteiger partial charge in [-0.25, -0.2) is 0 Å². The van der Waals surface area contributed by atoms with Crippen LogP contribution in [0.1, 0.15) is 18.9 Å². The maximum absolute atomic E-state index is 5.48. The quantitative estimate of drug-likeness (QED) is 0.830. The van der Waals surface area contributed by atoms with E-state index in [0.29, 0.717) is 6.54 Å². The van der Waals surface area contributed by atoms with E-state index in [1.165, 1.54) is 5.57 Å². The minimum Gasteiger partial charge on any atom is -0.497 e. The van der Waals surface area contributed by atoms with Crippen LogP contribution < -0.4 is 15.2 Å². The first-order valence-corrected chi connectivity index (χ1v) is 5.32. The second kappa shape index (κ2) is 6.18. The summed E-state index contributed by atoms with van der Waals surface area (Å²) < 4.78 is 10.5. The Hall–Kier alpha value is -1.48. The lowest BCUT2D eigenvalue weighted by Crippen LogP contribution is -1.96. The molecule has 0 atom stereocenters. The molecular weight excluding hydrogens is 202 g/mol. The van der Waals surface area contributed by atoms with Crippen molar-refractivity contribution in [2.45, 2.75) is 13.3 Å². The molecule has 3 heteroatoms. The fourth-order valence-electron chi connectivity index (χ4n) is 1.53. The van der Waals surface area contributed by atoms with Crippen molar-refractivity contribution < 1.29 is 9.47 Å². The van der Waals surface area contributed by atoms with Gasteiger partial charge in [-0.15, -0.1) is 0 Å². The van der Waals surface area contributed by atoms with E-state index in [4.69, 9.17) is 15.2 Å². The van der Waals surface area contributed by atoms with Gasteiger partial charge in [0.1, 0.15) is 11.5 Å². The predicted molar refractivity (Wildman–Crippen MR) is 66.9 cm³/mol. The Labute approximate surface area is 96.9 Å². The van der Waals surface area contributed by atoms with Crippen LogP contribution in [0.15, 0.2) is 24.3 Å². The molecule has 0 fully saturated rings. The van der Waals surface area contributed by atoms with E-state index in [1.807, 2.05) is 18.2 Å². The standard InChI is InChI=1S/C13H19NO2/c1-10(5-4-8-14)12-7-6-11(15-2)9-13(12)16-3/h5-7,9H,4,8,14H2,1-3H3. The van der Waals surface area contributed by atoms with Crippen LogP contribution in [-0.2, 0) is 0 Å². The van der Waals surface area contributed by atoms with Gasteiger partial charge in [-0.05, 0) is 37.6 Å². The summed E-state index contributed by atoms with van der Waals surface area (Å²) >= 11 is 0. The van der Waals surface area contributed by atoms with Crippen molar-refractivity contribution >= 4 is 5.57 Å². The lowest BCUT2D eigenvalue weighted by atomic mass is 10.0. The molecule has 0 aliphatic heterocycles. The molecule has 0 aliphatic rings. The van der Waals surface area contributed by atoms with Crippen LogP contribution in [0.3, 0.4) is 0 Å². The molecule has 0 spiro atoms. The highest BCUT2D eigenvalue weighted by molar-refractivity contribution is 5.69. The molecule has 1 rings (SSSR count). The maximum Gasteiger partial charge on any atom is 0.130 e. The van der Waals surface area contributed by atoms with Gasteiger partial charge in [0.2, 0.25) is 0 Å². The Morgan fingerprint density at radius 1 is 1.31 bits per heavy atom. The fourth-order valence-corrected chi connectivity index (χ4v) is 1.53. The van der Waals surface area contributed by atoms with Gasteiger partial charge in [0, 0.05) is 11.6 Å². The van der Waals surface area contributed by atoms with Gasteiger partial charge in [0.15, 0.2) is 0 Å². The Morgan fingerprint density at radius 2 is 2.06 bits per heavy atom. The summed E-state index contributed by atoms with van der Waals surface area (Å²) in [5.74, 6) is 1.62. The van der Waals surface area contributed by atoms with Gasteiger partial charge in [-0.3, -0.25) is 0 Å². The molecule has 1 aromatic carbocycles. The second-order valence-electron chi connectivity index (χ2n) is 3.53. The molecule has 2 N–H and O–H groups in total. The van der Waals surface area contributed by atoms with E-state index in [0.717, 1.165) is 23.5 Å². The van der Waals surface area contributed by atoms with E-state index < -0.39 is 0 Å². The number of ether oxygens (including phenoxy) is 2. The van der Waals surface area contributed by atoms with Crippen molar-refractivity contribution in [3.05, 3.63) is 29.8 Å². The first kappa shape index (κ1) is 12.6. The summed E-state index contributed by atoms with van der Waals surface area (Å²) in [5.41, 5.74) is 7.73. The van der Waals surface area contributed by atoms with Crippen LogP contribution in [0.25, 0.3) is 5.57 Å². The molecule has 0 saturated carbocycles. The summed E-state index contributed by atoms with van der Waals surface area (Å²) in [6.07, 6.45) is 2.99. The van der Waals surface area contributed by atoms with E-state index in [1.54, 1.807) is 14.2 Å². The van der Waals surface area contributed by atoms with Gasteiger partial charge < -0.3 is 15.2 Å². The van der Waals surface area contributed by atoms with Crippen LogP contribution in [0, 0.1) is 0 Å². The molecule has 0 aliphatic carbocycles. The number of hydrogen-bond acceptors (Lipinski definition) is 3. The maximum atomic E-state index is 5.48. The van der Waals surface area contributed by atoms with Gasteiger partial charge in [-0.2, -0.15) is 0 Å². The lowest BCUT2D eigenvalue weighted by Gasteiger charge is -2.10. The van der Waals surface area contributed by atoms with Crippen molar-refractivity contribution in [3.63, 3.8) is 0 Å². The molecule has 0 aromatic heterocycles. The summed E-state index contributed by atoms with van der Waals surface area (Å²) in [6, 6.07) is 5.81. The monoisotopic (exact) mass is 221 g/mol. The van der Waals surface area contributed by atoms with Gasteiger partial charge in [0.05, 0.1) is 14.2 Å². The molecule has 0 radical (unpaired) electrons. The summed E-state index contributed by atoms with van der Waals surface area (Å²) in [4.78, 5) is 0. The Morgan fingerprint density at radius 3 is 2.62 bits per heavy atom. The molecule has 0 amide bonds. The highest BCUT2D eigenvalue weighted by Gasteiger charge is 2.05. The van der Waals surface area contributed by atoms with Gasteiger partial charge in [0.25, 0.3) is 0 Å². The average molecular weight is 221 g/mol. The number of allylic oxidation sites excluding steroid dienone is 1. The largest absolute Gasteiger partial charge is 0.497 e. The zero-order chi connectivity index (χ0) is 12.0. The smallest absolute Gasteiger partial charge is 0.130 e. The van der Waals surface area contributed by atoms with E-state index in [2.05, 4.69) is 13.0 Å². The summed E-state index contributed by atoms with van der Waals surface area (Å²) in [5, 5.41) is 0. The summed E-state index contributed by atoms with van der Waals surface area (Å²) in [6.45, 7) is 2.72. The van der Waals surface area contributed by atoms with Crippen LogP contribution in [0.2, 0.25) is 0 Å². The normalized spacial score (nSPS) is 11.4. The molecule has 0 bridgehead atoms. The SMILES string of the molecule is COc1ccc(C(C)=CCCN)c(OC)c1. The third-order valence-electron chi connectivity index (χ3n) is 2.45. The fraction of sp³-hybridized carbons (Fsp3) is 0.385. The number of benzene rings is 1. The number of hydrogen-bond donors (Lipinski definition) is 1. The van der Waals surface area contributed by atoms with Crippen molar-refractivity contribution in [1.29, 1.82) is 0 Å². The first-order chi connectivity index (χ1) is 7.72. The van der Waals surface area contributed by atoms with Crippen molar-refractivity contribution in [2.75, 3.05) is 20.8 Å². The van der Waals surface area contributed by atoms with Crippen molar-refractivity contribution in [3.8, 4) is 11.5 Å². The van der Waals surface area contributed by atoms with Gasteiger partial charge in [-0.1, -0.05) is 6.08 Å². The van der Waals surface area contributed by atoms with Crippen molar-refractivity contribution in [2.24, 2.45) is 5.73 Å². The van der Waals surface area contributed by atoms with E-state index in [-0.39, 0.29) is 0 Å². The van der Waals surface area contributed by atoms with Crippen LogP contribution >= 0.6 is 0 Å². The Balaban J connectivity index is 3.03. The highest BCUT2D eigenvalue weighted by atomic mass is 16.5. The Kier molecular flexibility index (Phi) is 4.86. The molecule has 88 valence electrons. The zero-order valence-electron chi connectivity index (χ0n) is 10.1. The first-order valence-electron chi connectivity index (χ1n) is 5.32. The molecule has 1 aromatic rings. The Bertz CT molecular complexity index is 372. The molecule has 0 unspecified atom stereocenters. The predicted octanol–water partition coefficient (Wildman–Crippen LogP) is 2.46. The molecule has 3 nitrogen and oxygen atoms in total. The minimum atomic E-state index is 0.663. The van der Waals surface area contributed by atoms with Gasteiger partial charge >= 0.3 is 0 Å². The molecule has 16 heavy (non-hydrogen) atoms. The van der Waals surface area contributed by atoms with E-state index >= 15 is 0 Å². The van der Waals surface area contributed by atoms with Crippen LogP contribution in [0.5, 0.6) is 11.5 Å². The van der Waals surface area contributed by atoms with Crippen LogP contribution in [-0.4, -0.2) is 20.8 Å². The third-order valence-corrected chi connectivity index (χ3v) is 2.45. The topological polar surface area (TPSA) is 44.5 Å². The number of methoxy groups -OCH3 is 2. The average Bonchev–Trinajstić information content (AvgIpc) is 2.34. The molecular formula is C13H19NO2. The molecule has 0 saturated heterocycles. The number of rotatable bonds is 5. The third kappa shape index (κ3) is 3.00. The van der Waals surface area contributed by atoms with Crippen molar-refractivity contribution in [1.82, 2.24) is 0 Å². The minimum absolute atomic E-state index is 0.663. The summed E-state index contributed by atoms with van der Waals surface area (Å²) in [7, 11) is 3.31. The van der Waals surface area contributed by atoms with Crippen LogP contribution in [0.4, 0.5) is 0 Å². The second-order valence-corrected chi connectivity index (χ2v) is 3.53. The number of nitrogens with two attached hydrogens (primary N) is 1. The lowest BCUT2D eigenvalue weighted by molar-refractivity contribution is 0.393. The molecule has 0 heterocycles.